The molecule has 1 saturated carbocycles. The van der Waals surface area contributed by atoms with E-state index in [2.05, 4.69) is 12.8 Å². The first kappa shape index (κ1) is 15.8. The summed E-state index contributed by atoms with van der Waals surface area (Å²) in [5, 5.41) is 0. The molecule has 0 heterocycles. The highest BCUT2D eigenvalue weighted by atomic mass is 32.2. The van der Waals surface area contributed by atoms with Gasteiger partial charge in [0.2, 0.25) is 10.0 Å². The summed E-state index contributed by atoms with van der Waals surface area (Å²) in [6, 6.07) is 6.86. The molecular weight excluding hydrogens is 282 g/mol. The number of sulfonamides is 1. The van der Waals surface area contributed by atoms with E-state index in [4.69, 9.17) is 6.42 Å². The second-order valence-corrected chi connectivity index (χ2v) is 7.48. The van der Waals surface area contributed by atoms with E-state index >= 15 is 0 Å². The van der Waals surface area contributed by atoms with Gasteiger partial charge in [0.25, 0.3) is 0 Å². The highest BCUT2D eigenvalue weighted by Gasteiger charge is 2.25. The van der Waals surface area contributed by atoms with Crippen LogP contribution in [0.2, 0.25) is 0 Å². The topological polar surface area (TPSA) is 37.4 Å². The Hall–Kier alpha value is -1.57. The first-order valence-electron chi connectivity index (χ1n) is 7.12. The summed E-state index contributed by atoms with van der Waals surface area (Å²) in [5.41, 5.74) is 2.29. The van der Waals surface area contributed by atoms with Crippen molar-refractivity contribution in [3.8, 4) is 12.3 Å². The van der Waals surface area contributed by atoms with Crippen molar-refractivity contribution in [1.29, 1.82) is 0 Å². The number of rotatable bonds is 6. The summed E-state index contributed by atoms with van der Waals surface area (Å²) >= 11 is 0. The van der Waals surface area contributed by atoms with E-state index in [1.165, 1.54) is 22.7 Å². The van der Waals surface area contributed by atoms with Gasteiger partial charge in [-0.1, -0.05) is 35.3 Å². The molecule has 1 aromatic carbocycles. The quantitative estimate of drug-likeness (QED) is 0.598. The average Bonchev–Trinajstić information content (AvgIpc) is 3.28. The van der Waals surface area contributed by atoms with Crippen LogP contribution in [-0.4, -0.2) is 25.8 Å². The molecule has 1 aliphatic rings. The Morgan fingerprint density at radius 3 is 2.52 bits per heavy atom. The summed E-state index contributed by atoms with van der Waals surface area (Å²) in [7, 11) is -3.53. The van der Waals surface area contributed by atoms with Gasteiger partial charge in [0.05, 0.1) is 11.4 Å². The van der Waals surface area contributed by atoms with Crippen LogP contribution in [0.15, 0.2) is 40.8 Å². The third kappa shape index (κ3) is 3.96. The Bertz CT molecular complexity index is 662. The van der Waals surface area contributed by atoms with Gasteiger partial charge in [0, 0.05) is 6.54 Å². The van der Waals surface area contributed by atoms with Crippen molar-refractivity contribution < 1.29 is 8.42 Å². The fourth-order valence-corrected chi connectivity index (χ4v) is 3.45. The zero-order valence-electron chi connectivity index (χ0n) is 12.5. The Balaban J connectivity index is 2.21. The Labute approximate surface area is 127 Å². The van der Waals surface area contributed by atoms with Crippen molar-refractivity contribution in [2.24, 2.45) is 5.92 Å². The van der Waals surface area contributed by atoms with Crippen molar-refractivity contribution in [1.82, 2.24) is 4.31 Å². The zero-order chi connectivity index (χ0) is 15.5. The fraction of sp³-hybridized carbons (Fsp3) is 0.412. The highest BCUT2D eigenvalue weighted by Crippen LogP contribution is 2.36. The minimum absolute atomic E-state index is 0.0880. The van der Waals surface area contributed by atoms with E-state index in [0.29, 0.717) is 17.4 Å². The van der Waals surface area contributed by atoms with Crippen LogP contribution >= 0.6 is 0 Å². The molecule has 2 rings (SSSR count). The first-order chi connectivity index (χ1) is 9.95. The third-order valence-corrected chi connectivity index (χ3v) is 5.59. The minimum atomic E-state index is -3.53. The van der Waals surface area contributed by atoms with E-state index in [0.717, 1.165) is 5.56 Å². The summed E-state index contributed by atoms with van der Waals surface area (Å²) in [4.78, 5) is 0.292. The van der Waals surface area contributed by atoms with Gasteiger partial charge >= 0.3 is 0 Å². The van der Waals surface area contributed by atoms with Gasteiger partial charge in [-0.25, -0.2) is 8.42 Å². The molecule has 1 fully saturated rings. The lowest BCUT2D eigenvalue weighted by Gasteiger charge is -2.19. The number of nitrogens with zero attached hydrogens (tertiary/aromatic N) is 1. The zero-order valence-corrected chi connectivity index (χ0v) is 13.4. The van der Waals surface area contributed by atoms with Gasteiger partial charge in [0.15, 0.2) is 0 Å². The van der Waals surface area contributed by atoms with Crippen molar-refractivity contribution in [2.45, 2.75) is 31.6 Å². The van der Waals surface area contributed by atoms with Crippen LogP contribution in [0.5, 0.6) is 0 Å². The Morgan fingerprint density at radius 1 is 1.38 bits per heavy atom. The molecule has 4 heteroatoms. The number of hydrogen-bond donors (Lipinski definition) is 0. The lowest BCUT2D eigenvalue weighted by atomic mass is 10.2. The number of terminal acetylenes is 1. The Morgan fingerprint density at radius 2 is 2.00 bits per heavy atom. The predicted molar refractivity (Wildman–Crippen MR) is 85.3 cm³/mol. The summed E-state index contributed by atoms with van der Waals surface area (Å²) in [5.74, 6) is 3.08. The Kier molecular flexibility index (Phi) is 4.87. The van der Waals surface area contributed by atoms with Crippen molar-refractivity contribution in [2.75, 3.05) is 13.1 Å². The monoisotopic (exact) mass is 303 g/mol. The van der Waals surface area contributed by atoms with Gasteiger partial charge < -0.3 is 0 Å². The normalized spacial score (nSPS) is 16.0. The molecule has 1 aliphatic carbocycles. The van der Waals surface area contributed by atoms with E-state index in [1.54, 1.807) is 24.3 Å². The molecule has 0 spiro atoms. The highest BCUT2D eigenvalue weighted by molar-refractivity contribution is 7.89. The van der Waals surface area contributed by atoms with Crippen LogP contribution < -0.4 is 0 Å². The molecule has 0 aromatic heterocycles. The fourth-order valence-electron chi connectivity index (χ4n) is 2.16. The minimum Gasteiger partial charge on any atom is -0.207 e. The van der Waals surface area contributed by atoms with Crippen LogP contribution in [0.3, 0.4) is 0 Å². The standard InChI is InChI=1S/C17H21NO2S/c1-4-12-18(13-11-15(3)16-7-8-16)21(19,20)17-9-5-14(2)6-10-17/h1,5-6,9-11,16H,7-8,12-13H2,2-3H3/b15-11+. The molecule has 0 bridgehead atoms. The van der Waals surface area contributed by atoms with Gasteiger partial charge in [-0.3, -0.25) is 0 Å². The molecule has 0 atom stereocenters. The van der Waals surface area contributed by atoms with Crippen LogP contribution in [-0.2, 0) is 10.0 Å². The van der Waals surface area contributed by atoms with Crippen molar-refractivity contribution in [3.05, 3.63) is 41.5 Å². The lowest BCUT2D eigenvalue weighted by Crippen LogP contribution is -2.31. The maximum Gasteiger partial charge on any atom is 0.244 e. The van der Waals surface area contributed by atoms with Crippen molar-refractivity contribution >= 4 is 10.0 Å². The molecule has 1 aromatic rings. The number of benzene rings is 1. The summed E-state index contributed by atoms with van der Waals surface area (Å²) < 4.78 is 26.6. The van der Waals surface area contributed by atoms with Crippen LogP contribution in [0, 0.1) is 25.2 Å². The van der Waals surface area contributed by atoms with Crippen LogP contribution in [0.4, 0.5) is 0 Å². The van der Waals surface area contributed by atoms with Gasteiger partial charge in [0.1, 0.15) is 0 Å². The van der Waals surface area contributed by atoms with E-state index in [-0.39, 0.29) is 6.54 Å². The molecule has 0 N–H and O–H groups in total. The molecular formula is C17H21NO2S. The largest absolute Gasteiger partial charge is 0.244 e. The van der Waals surface area contributed by atoms with Crippen LogP contribution in [0.25, 0.3) is 0 Å². The second-order valence-electron chi connectivity index (χ2n) is 5.54. The summed E-state index contributed by atoms with van der Waals surface area (Å²) in [6.45, 7) is 4.41. The molecule has 0 radical (unpaired) electrons. The van der Waals surface area contributed by atoms with Gasteiger partial charge in [-0.05, 0) is 44.7 Å². The molecule has 112 valence electrons. The average molecular weight is 303 g/mol. The molecule has 0 aliphatic heterocycles. The lowest BCUT2D eigenvalue weighted by molar-refractivity contribution is 0.477. The second kappa shape index (κ2) is 6.46. The molecule has 0 amide bonds. The van der Waals surface area contributed by atoms with Gasteiger partial charge in [-0.2, -0.15) is 4.31 Å². The maximum absolute atomic E-state index is 12.6. The van der Waals surface area contributed by atoms with Crippen molar-refractivity contribution in [3.63, 3.8) is 0 Å². The smallest absolute Gasteiger partial charge is 0.207 e. The maximum atomic E-state index is 12.6. The van der Waals surface area contributed by atoms with E-state index in [1.807, 2.05) is 13.0 Å². The van der Waals surface area contributed by atoms with E-state index in [9.17, 15) is 8.42 Å². The SMILES string of the molecule is C#CCN(C/C=C(\C)C1CC1)S(=O)(=O)c1ccc(C)cc1. The number of hydrogen-bond acceptors (Lipinski definition) is 2. The molecule has 0 unspecified atom stereocenters. The van der Waals surface area contributed by atoms with E-state index < -0.39 is 10.0 Å². The third-order valence-electron chi connectivity index (χ3n) is 3.76. The molecule has 21 heavy (non-hydrogen) atoms. The van der Waals surface area contributed by atoms with Crippen LogP contribution in [0.1, 0.15) is 25.3 Å². The molecule has 0 saturated heterocycles. The molecule has 3 nitrogen and oxygen atoms in total. The summed E-state index contributed by atoms with van der Waals surface area (Å²) in [6.07, 6.45) is 9.74. The number of aryl methyl sites for hydroxylation is 1. The first-order valence-corrected chi connectivity index (χ1v) is 8.56. The van der Waals surface area contributed by atoms with Gasteiger partial charge in [-0.15, -0.1) is 6.42 Å². The predicted octanol–water partition coefficient (Wildman–Crippen LogP) is 2.98. The number of allylic oxidation sites excluding steroid dienone is 1.